The Labute approximate surface area is 147 Å². The van der Waals surface area contributed by atoms with Crippen molar-refractivity contribution in [3.05, 3.63) is 76.0 Å². The summed E-state index contributed by atoms with van der Waals surface area (Å²) in [7, 11) is 0. The van der Waals surface area contributed by atoms with Crippen molar-refractivity contribution in [1.29, 1.82) is 0 Å². The van der Waals surface area contributed by atoms with E-state index >= 15 is 0 Å². The SMILES string of the molecule is O=C(COC(=O)/C=C/c1cc(Br)ccc1F)NCc1ccccc1. The Morgan fingerprint density at radius 3 is 2.67 bits per heavy atom. The zero-order chi connectivity index (χ0) is 17.4. The Morgan fingerprint density at radius 1 is 1.17 bits per heavy atom. The maximum absolute atomic E-state index is 13.5. The minimum absolute atomic E-state index is 0.245. The molecule has 0 aliphatic carbocycles. The Balaban J connectivity index is 1.77. The molecular formula is C18H15BrFNO3. The number of hydrogen-bond acceptors (Lipinski definition) is 3. The van der Waals surface area contributed by atoms with Crippen LogP contribution in [0.25, 0.3) is 6.08 Å². The van der Waals surface area contributed by atoms with Crippen LogP contribution in [0.5, 0.6) is 0 Å². The fourth-order valence-electron chi connectivity index (χ4n) is 1.83. The Bertz CT molecular complexity index is 747. The van der Waals surface area contributed by atoms with Crippen LogP contribution in [0.4, 0.5) is 4.39 Å². The summed E-state index contributed by atoms with van der Waals surface area (Å²) >= 11 is 3.22. The molecule has 0 atom stereocenters. The molecular weight excluding hydrogens is 377 g/mol. The first-order valence-electron chi connectivity index (χ1n) is 7.15. The number of carbonyl (C=O) groups excluding carboxylic acids is 2. The molecule has 1 N–H and O–H groups in total. The van der Waals surface area contributed by atoms with Crippen LogP contribution in [-0.2, 0) is 20.9 Å². The van der Waals surface area contributed by atoms with Crippen molar-refractivity contribution in [3.63, 3.8) is 0 Å². The Morgan fingerprint density at radius 2 is 1.92 bits per heavy atom. The van der Waals surface area contributed by atoms with Crippen LogP contribution in [0.2, 0.25) is 0 Å². The molecule has 6 heteroatoms. The monoisotopic (exact) mass is 391 g/mol. The van der Waals surface area contributed by atoms with Crippen LogP contribution in [0.15, 0.2) is 59.1 Å². The molecule has 0 saturated heterocycles. The van der Waals surface area contributed by atoms with Crippen LogP contribution in [0.1, 0.15) is 11.1 Å². The van der Waals surface area contributed by atoms with Crippen LogP contribution in [0, 0.1) is 5.82 Å². The molecule has 0 aromatic heterocycles. The molecule has 0 bridgehead atoms. The third kappa shape index (κ3) is 5.96. The first kappa shape index (κ1) is 17.9. The summed E-state index contributed by atoms with van der Waals surface area (Å²) in [5.74, 6) is -1.58. The highest BCUT2D eigenvalue weighted by Crippen LogP contribution is 2.16. The second kappa shape index (κ2) is 8.98. The number of rotatable bonds is 6. The van der Waals surface area contributed by atoms with Gasteiger partial charge in [-0.25, -0.2) is 9.18 Å². The highest BCUT2D eigenvalue weighted by molar-refractivity contribution is 9.10. The van der Waals surface area contributed by atoms with Gasteiger partial charge in [0.25, 0.3) is 5.91 Å². The molecule has 0 spiro atoms. The first-order valence-corrected chi connectivity index (χ1v) is 7.94. The van der Waals surface area contributed by atoms with Gasteiger partial charge in [-0.15, -0.1) is 0 Å². The fraction of sp³-hybridized carbons (Fsp3) is 0.111. The highest BCUT2D eigenvalue weighted by Gasteiger charge is 2.05. The molecule has 0 heterocycles. The third-order valence-corrected chi connectivity index (χ3v) is 3.53. The molecule has 2 aromatic carbocycles. The molecule has 2 aromatic rings. The molecule has 1 amide bonds. The van der Waals surface area contributed by atoms with Crippen molar-refractivity contribution in [2.45, 2.75) is 6.54 Å². The number of ether oxygens (including phenoxy) is 1. The smallest absolute Gasteiger partial charge is 0.331 e. The standard InChI is InChI=1S/C18H15BrFNO3/c19-15-7-8-16(20)14(10-15)6-9-18(23)24-12-17(22)21-11-13-4-2-1-3-5-13/h1-10H,11-12H2,(H,21,22)/b9-6+. The van der Waals surface area contributed by atoms with E-state index in [2.05, 4.69) is 21.2 Å². The quantitative estimate of drug-likeness (QED) is 0.605. The van der Waals surface area contributed by atoms with E-state index in [0.29, 0.717) is 11.0 Å². The number of halogens is 2. The van der Waals surface area contributed by atoms with Crippen LogP contribution in [0.3, 0.4) is 0 Å². The number of nitrogens with one attached hydrogen (secondary N) is 1. The lowest BCUT2D eigenvalue weighted by molar-refractivity contribution is -0.143. The molecule has 0 saturated carbocycles. The second-order valence-corrected chi connectivity index (χ2v) is 5.78. The Kier molecular flexibility index (Phi) is 6.69. The van der Waals surface area contributed by atoms with Gasteiger partial charge in [0.2, 0.25) is 0 Å². The normalized spacial score (nSPS) is 10.6. The second-order valence-electron chi connectivity index (χ2n) is 4.87. The zero-order valence-corrected chi connectivity index (χ0v) is 14.3. The van der Waals surface area contributed by atoms with Gasteiger partial charge in [0.1, 0.15) is 5.82 Å². The first-order chi connectivity index (χ1) is 11.5. The Hall–Kier alpha value is -2.47. The van der Waals surface area contributed by atoms with Gasteiger partial charge >= 0.3 is 5.97 Å². The summed E-state index contributed by atoms with van der Waals surface area (Å²) in [4.78, 5) is 23.2. The molecule has 124 valence electrons. The highest BCUT2D eigenvalue weighted by atomic mass is 79.9. The summed E-state index contributed by atoms with van der Waals surface area (Å²) < 4.78 is 19.0. The van der Waals surface area contributed by atoms with Crippen LogP contribution >= 0.6 is 15.9 Å². The molecule has 0 unspecified atom stereocenters. The molecule has 0 radical (unpaired) electrons. The van der Waals surface area contributed by atoms with Crippen molar-refractivity contribution >= 4 is 33.9 Å². The van der Waals surface area contributed by atoms with E-state index in [9.17, 15) is 14.0 Å². The number of amides is 1. The van der Waals surface area contributed by atoms with E-state index in [1.165, 1.54) is 18.2 Å². The molecule has 0 aliphatic rings. The topological polar surface area (TPSA) is 55.4 Å². The van der Waals surface area contributed by atoms with Gasteiger partial charge in [-0.1, -0.05) is 46.3 Å². The van der Waals surface area contributed by atoms with Crippen molar-refractivity contribution < 1.29 is 18.7 Å². The van der Waals surface area contributed by atoms with Crippen molar-refractivity contribution in [2.24, 2.45) is 0 Å². The third-order valence-electron chi connectivity index (χ3n) is 3.04. The number of benzene rings is 2. The van der Waals surface area contributed by atoms with Crippen molar-refractivity contribution in [3.8, 4) is 0 Å². The average molecular weight is 392 g/mol. The minimum Gasteiger partial charge on any atom is -0.452 e. The lowest BCUT2D eigenvalue weighted by atomic mass is 10.2. The van der Waals surface area contributed by atoms with Gasteiger partial charge in [0, 0.05) is 22.7 Å². The minimum atomic E-state index is -0.718. The van der Waals surface area contributed by atoms with E-state index in [1.807, 2.05) is 30.3 Å². The van der Waals surface area contributed by atoms with Gasteiger partial charge in [0.05, 0.1) is 0 Å². The predicted octanol–water partition coefficient (Wildman–Crippen LogP) is 3.46. The van der Waals surface area contributed by atoms with Crippen molar-refractivity contribution in [2.75, 3.05) is 6.61 Å². The van der Waals surface area contributed by atoms with E-state index in [-0.39, 0.29) is 5.56 Å². The lowest BCUT2D eigenvalue weighted by Gasteiger charge is -2.05. The summed E-state index contributed by atoms with van der Waals surface area (Å²) in [6.45, 7) is -0.0344. The van der Waals surface area contributed by atoms with E-state index in [0.717, 1.165) is 11.6 Å². The largest absolute Gasteiger partial charge is 0.452 e. The number of esters is 1. The van der Waals surface area contributed by atoms with E-state index in [4.69, 9.17) is 4.74 Å². The molecule has 2 rings (SSSR count). The molecule has 24 heavy (non-hydrogen) atoms. The number of hydrogen-bond donors (Lipinski definition) is 1. The van der Waals surface area contributed by atoms with Gasteiger partial charge in [0.15, 0.2) is 6.61 Å². The maximum Gasteiger partial charge on any atom is 0.331 e. The zero-order valence-electron chi connectivity index (χ0n) is 12.7. The van der Waals surface area contributed by atoms with Crippen molar-refractivity contribution in [1.82, 2.24) is 5.32 Å². The summed E-state index contributed by atoms with van der Waals surface area (Å²) in [6, 6.07) is 13.7. The van der Waals surface area contributed by atoms with E-state index < -0.39 is 24.3 Å². The summed E-state index contributed by atoms with van der Waals surface area (Å²) in [6.07, 6.45) is 2.37. The summed E-state index contributed by atoms with van der Waals surface area (Å²) in [5, 5.41) is 2.64. The summed E-state index contributed by atoms with van der Waals surface area (Å²) in [5.41, 5.74) is 1.19. The van der Waals surface area contributed by atoms with E-state index in [1.54, 1.807) is 6.07 Å². The maximum atomic E-state index is 13.5. The predicted molar refractivity (Wildman–Crippen MR) is 92.4 cm³/mol. The van der Waals surface area contributed by atoms with Gasteiger partial charge in [-0.2, -0.15) is 0 Å². The van der Waals surface area contributed by atoms with Gasteiger partial charge < -0.3 is 10.1 Å². The molecule has 4 nitrogen and oxygen atoms in total. The van der Waals surface area contributed by atoms with Crippen LogP contribution in [-0.4, -0.2) is 18.5 Å². The van der Waals surface area contributed by atoms with Gasteiger partial charge in [-0.3, -0.25) is 4.79 Å². The van der Waals surface area contributed by atoms with Crippen LogP contribution < -0.4 is 5.32 Å². The number of carbonyl (C=O) groups is 2. The average Bonchev–Trinajstić information content (AvgIpc) is 2.59. The fourth-order valence-corrected chi connectivity index (χ4v) is 2.21. The van der Waals surface area contributed by atoms with Gasteiger partial charge in [-0.05, 0) is 29.8 Å². The molecule has 0 aliphatic heterocycles. The molecule has 0 fully saturated rings. The lowest BCUT2D eigenvalue weighted by Crippen LogP contribution is -2.28.